The monoisotopic (exact) mass is 533 g/mol. The van der Waals surface area contributed by atoms with E-state index in [1.165, 1.54) is 39.0 Å². The Morgan fingerprint density at radius 2 is 1.32 bits per heavy atom. The molecule has 0 spiro atoms. The van der Waals surface area contributed by atoms with Gasteiger partial charge in [0.15, 0.2) is 0 Å². The van der Waals surface area contributed by atoms with Crippen LogP contribution in [0.25, 0.3) is 11.1 Å². The summed E-state index contributed by atoms with van der Waals surface area (Å²) >= 11 is 1.09. The van der Waals surface area contributed by atoms with Crippen LogP contribution in [0.2, 0.25) is 0 Å². The molecular formula is C22H19Cl2Hf. The summed E-state index contributed by atoms with van der Waals surface area (Å²) in [6.07, 6.45) is 2.40. The van der Waals surface area contributed by atoms with E-state index in [2.05, 4.69) is 75.4 Å². The average molecular weight is 533 g/mol. The normalized spacial score (nSPS) is 15.2. The number of benzene rings is 2. The Morgan fingerprint density at radius 3 is 1.76 bits per heavy atom. The molecule has 0 aliphatic heterocycles. The molecule has 0 heterocycles. The van der Waals surface area contributed by atoms with Crippen LogP contribution in [0.3, 0.4) is 0 Å². The molecule has 0 radical (unpaired) electrons. The van der Waals surface area contributed by atoms with Gasteiger partial charge in [0.2, 0.25) is 0 Å². The smallest absolute Gasteiger partial charge is 1.00 e. The van der Waals surface area contributed by atoms with E-state index in [-0.39, 0.29) is 24.8 Å². The number of fused-ring (bicyclic) bond motifs is 3. The van der Waals surface area contributed by atoms with Crippen LogP contribution in [0, 0.1) is 0 Å². The molecular weight excluding hydrogens is 514 g/mol. The van der Waals surface area contributed by atoms with Crippen molar-refractivity contribution >= 4 is 0 Å². The fourth-order valence-electron chi connectivity index (χ4n) is 3.94. The first-order valence-corrected chi connectivity index (χ1v) is 9.89. The minimum Gasteiger partial charge on any atom is -1.00 e. The molecule has 0 nitrogen and oxygen atoms in total. The zero-order valence-electron chi connectivity index (χ0n) is 14.5. The number of halogens is 2. The van der Waals surface area contributed by atoms with Crippen LogP contribution in [0.5, 0.6) is 0 Å². The maximum absolute atomic E-state index is 2.40. The van der Waals surface area contributed by atoms with Crippen LogP contribution in [0.4, 0.5) is 0 Å². The number of hydrogen-bond acceptors (Lipinski definition) is 0. The molecule has 2 aliphatic carbocycles. The first-order valence-electron chi connectivity index (χ1n) is 8.10. The van der Waals surface area contributed by atoms with E-state index >= 15 is 0 Å². The van der Waals surface area contributed by atoms with Crippen LogP contribution in [0.15, 0.2) is 80.2 Å². The maximum atomic E-state index is 2.40. The van der Waals surface area contributed by atoms with E-state index in [0.29, 0.717) is 5.92 Å². The molecule has 0 unspecified atom stereocenters. The molecule has 0 saturated heterocycles. The number of hydrogen-bond donors (Lipinski definition) is 0. The van der Waals surface area contributed by atoms with Crippen molar-refractivity contribution in [3.05, 3.63) is 91.4 Å². The first-order chi connectivity index (χ1) is 11.1. The summed E-state index contributed by atoms with van der Waals surface area (Å²) in [5.41, 5.74) is 11.7. The minimum absolute atomic E-state index is 0. The van der Waals surface area contributed by atoms with Gasteiger partial charge in [0.1, 0.15) is 0 Å². The third-order valence-electron chi connectivity index (χ3n) is 4.99. The van der Waals surface area contributed by atoms with Gasteiger partial charge < -0.3 is 24.8 Å². The molecule has 0 aromatic heterocycles. The van der Waals surface area contributed by atoms with E-state index in [0.717, 1.165) is 24.4 Å². The van der Waals surface area contributed by atoms with Gasteiger partial charge >= 0.3 is 154 Å². The molecule has 125 valence electrons. The van der Waals surface area contributed by atoms with Crippen LogP contribution in [-0.4, -0.2) is 0 Å². The molecule has 0 bridgehead atoms. The van der Waals surface area contributed by atoms with Crippen molar-refractivity contribution in [2.75, 3.05) is 0 Å². The third kappa shape index (κ3) is 3.16. The average Bonchev–Trinajstić information content (AvgIpc) is 3.02. The van der Waals surface area contributed by atoms with Crippen molar-refractivity contribution in [3.8, 4) is 11.1 Å². The molecule has 0 atom stereocenters. The molecule has 4 rings (SSSR count). The van der Waals surface area contributed by atoms with Crippen molar-refractivity contribution in [2.24, 2.45) is 0 Å². The fraction of sp³-hybridized carbons (Fsp3) is 0.182. The molecule has 0 amide bonds. The van der Waals surface area contributed by atoms with Crippen molar-refractivity contribution < 1.29 is 49.2 Å². The largest absolute Gasteiger partial charge is 1.00 e. The van der Waals surface area contributed by atoms with Gasteiger partial charge in [0, 0.05) is 0 Å². The molecule has 0 saturated carbocycles. The van der Waals surface area contributed by atoms with Gasteiger partial charge in [-0.15, -0.1) is 0 Å². The van der Waals surface area contributed by atoms with Crippen LogP contribution in [0.1, 0.15) is 37.8 Å². The first kappa shape index (κ1) is 20.4. The van der Waals surface area contributed by atoms with Gasteiger partial charge in [-0.1, -0.05) is 0 Å². The standard InChI is InChI=1S/C22H19.2ClH.Hf/c1-14(2)16-12-15(3)21(13-16)22-19-10-6-4-8-17(19)18-9-5-7-11-20(18)22;;;/h4-12,22H,1-3H3;2*1H;/q;;;+2/p-2. The van der Waals surface area contributed by atoms with Gasteiger partial charge in [-0.05, 0) is 0 Å². The van der Waals surface area contributed by atoms with Crippen LogP contribution in [-0.2, 0) is 24.4 Å². The van der Waals surface area contributed by atoms with E-state index in [1.54, 1.807) is 8.90 Å². The van der Waals surface area contributed by atoms with Gasteiger partial charge in [-0.3, -0.25) is 0 Å². The SMILES string of the molecule is CC1=CC(=C(C)C)[C]([Hf+2])=C1C1c2ccccc2-c2ccccc21.[Cl-].[Cl-]. The second-order valence-electron chi connectivity index (χ2n) is 6.64. The number of allylic oxidation sites excluding steroid dienone is 6. The molecule has 2 aromatic rings. The predicted molar refractivity (Wildman–Crippen MR) is 92.9 cm³/mol. The molecule has 2 aliphatic rings. The van der Waals surface area contributed by atoms with E-state index in [1.807, 2.05) is 0 Å². The maximum Gasteiger partial charge on any atom is -1.00 e. The Hall–Kier alpha value is -0.890. The molecule has 2 aromatic carbocycles. The van der Waals surface area contributed by atoms with E-state index in [9.17, 15) is 0 Å². The zero-order valence-corrected chi connectivity index (χ0v) is 19.6. The predicted octanol–water partition coefficient (Wildman–Crippen LogP) is -0.0959. The third-order valence-corrected chi connectivity index (χ3v) is 6.92. The molecule has 0 fully saturated rings. The molecule has 3 heteroatoms. The molecule has 0 N–H and O–H groups in total. The summed E-state index contributed by atoms with van der Waals surface area (Å²) in [7, 11) is 0. The van der Waals surface area contributed by atoms with Crippen molar-refractivity contribution in [1.29, 1.82) is 0 Å². The summed E-state index contributed by atoms with van der Waals surface area (Å²) in [6.45, 7) is 6.75. The van der Waals surface area contributed by atoms with E-state index < -0.39 is 0 Å². The molecule has 25 heavy (non-hydrogen) atoms. The summed E-state index contributed by atoms with van der Waals surface area (Å²) in [6, 6.07) is 17.9. The minimum atomic E-state index is 0. The quantitative estimate of drug-likeness (QED) is 0.451. The zero-order chi connectivity index (χ0) is 16.1. The Balaban J connectivity index is 0.00000113. The topological polar surface area (TPSA) is 0 Å². The van der Waals surface area contributed by atoms with Crippen molar-refractivity contribution in [1.82, 2.24) is 0 Å². The Bertz CT molecular complexity index is 870. The second-order valence-corrected chi connectivity index (χ2v) is 8.43. The van der Waals surface area contributed by atoms with Gasteiger partial charge in [-0.2, -0.15) is 0 Å². The number of rotatable bonds is 1. The van der Waals surface area contributed by atoms with Gasteiger partial charge in [-0.25, -0.2) is 0 Å². The summed E-state index contributed by atoms with van der Waals surface area (Å²) in [5, 5.41) is 0. The van der Waals surface area contributed by atoms with Crippen molar-refractivity contribution in [2.45, 2.75) is 26.7 Å². The van der Waals surface area contributed by atoms with Crippen LogP contribution < -0.4 is 24.8 Å². The second kappa shape index (κ2) is 7.78. The Kier molecular flexibility index (Phi) is 6.35. The summed E-state index contributed by atoms with van der Waals surface area (Å²) < 4.78 is 1.58. The Labute approximate surface area is 177 Å². The van der Waals surface area contributed by atoms with Crippen LogP contribution >= 0.6 is 0 Å². The summed E-state index contributed by atoms with van der Waals surface area (Å²) in [4.78, 5) is 0. The van der Waals surface area contributed by atoms with E-state index in [4.69, 9.17) is 0 Å². The summed E-state index contributed by atoms with van der Waals surface area (Å²) in [5.74, 6) is 0.406. The Morgan fingerprint density at radius 1 is 0.840 bits per heavy atom. The van der Waals surface area contributed by atoms with Crippen molar-refractivity contribution in [3.63, 3.8) is 0 Å². The van der Waals surface area contributed by atoms with Gasteiger partial charge in [0.25, 0.3) is 0 Å². The fourth-order valence-corrected chi connectivity index (χ4v) is 6.33. The van der Waals surface area contributed by atoms with Gasteiger partial charge in [0.05, 0.1) is 0 Å².